The average molecular weight is 282 g/mol. The van der Waals surface area contributed by atoms with Crippen molar-refractivity contribution >= 4 is 11.9 Å². The Hall–Kier alpha value is -1.30. The summed E-state index contributed by atoms with van der Waals surface area (Å²) in [4.78, 5) is 27.1. The first-order chi connectivity index (χ1) is 9.65. The van der Waals surface area contributed by atoms with Gasteiger partial charge in [0.05, 0.1) is 6.54 Å². The van der Waals surface area contributed by atoms with Gasteiger partial charge in [-0.2, -0.15) is 0 Å². The normalized spacial score (nSPS) is 22.3. The van der Waals surface area contributed by atoms with Gasteiger partial charge < -0.3 is 16.0 Å². The Morgan fingerprint density at radius 3 is 2.15 bits per heavy atom. The molecule has 20 heavy (non-hydrogen) atoms. The van der Waals surface area contributed by atoms with Gasteiger partial charge in [-0.1, -0.05) is 12.8 Å². The molecule has 0 spiro atoms. The molecule has 3 N–H and O–H groups in total. The van der Waals surface area contributed by atoms with Crippen molar-refractivity contribution in [2.45, 2.75) is 44.6 Å². The maximum Gasteiger partial charge on any atom is 0.317 e. The fourth-order valence-electron chi connectivity index (χ4n) is 3.00. The Morgan fingerprint density at radius 2 is 1.60 bits per heavy atom. The Kier molecular flexibility index (Phi) is 5.64. The van der Waals surface area contributed by atoms with E-state index in [-0.39, 0.29) is 18.0 Å². The predicted molar refractivity (Wildman–Crippen MR) is 77.2 cm³/mol. The van der Waals surface area contributed by atoms with E-state index >= 15 is 0 Å². The van der Waals surface area contributed by atoms with Crippen LogP contribution in [0.15, 0.2) is 0 Å². The molecule has 2 aliphatic rings. The number of hydrogen-bond acceptors (Lipinski definition) is 3. The van der Waals surface area contributed by atoms with Crippen molar-refractivity contribution in [2.24, 2.45) is 5.73 Å². The molecule has 0 aromatic rings. The quantitative estimate of drug-likeness (QED) is 0.792. The zero-order valence-corrected chi connectivity index (χ0v) is 12.1. The molecule has 114 valence electrons. The summed E-state index contributed by atoms with van der Waals surface area (Å²) in [6, 6.07) is 0.315. The number of urea groups is 1. The van der Waals surface area contributed by atoms with Crippen molar-refractivity contribution in [3.63, 3.8) is 0 Å². The summed E-state index contributed by atoms with van der Waals surface area (Å²) >= 11 is 0. The molecule has 0 atom stereocenters. The van der Waals surface area contributed by atoms with E-state index in [1.165, 1.54) is 12.8 Å². The first kappa shape index (κ1) is 15.1. The van der Waals surface area contributed by atoms with Gasteiger partial charge >= 0.3 is 6.03 Å². The fourth-order valence-corrected chi connectivity index (χ4v) is 3.00. The Labute approximate surface area is 120 Å². The number of likely N-dealkylation sites (tertiary alicyclic amines) is 2. The van der Waals surface area contributed by atoms with Crippen LogP contribution in [0.4, 0.5) is 4.79 Å². The maximum absolute atomic E-state index is 12.2. The molecule has 0 saturated carbocycles. The summed E-state index contributed by atoms with van der Waals surface area (Å²) in [5.74, 6) is -0.281. The van der Waals surface area contributed by atoms with Gasteiger partial charge in [-0.15, -0.1) is 0 Å². The zero-order chi connectivity index (χ0) is 14.4. The van der Waals surface area contributed by atoms with E-state index in [9.17, 15) is 9.59 Å². The number of nitrogens with two attached hydrogens (primary N) is 1. The first-order valence-corrected chi connectivity index (χ1v) is 7.71. The fraction of sp³-hybridized carbons (Fsp3) is 0.857. The van der Waals surface area contributed by atoms with Crippen LogP contribution in [-0.4, -0.2) is 60.5 Å². The van der Waals surface area contributed by atoms with Gasteiger partial charge in [-0.05, 0) is 25.7 Å². The lowest BCUT2D eigenvalue weighted by Crippen LogP contribution is -2.50. The minimum absolute atomic E-state index is 0.0836. The third-order valence-electron chi connectivity index (χ3n) is 4.19. The molecular weight excluding hydrogens is 256 g/mol. The first-order valence-electron chi connectivity index (χ1n) is 7.71. The van der Waals surface area contributed by atoms with E-state index in [1.807, 2.05) is 4.90 Å². The highest BCUT2D eigenvalue weighted by atomic mass is 16.2. The van der Waals surface area contributed by atoms with E-state index in [2.05, 4.69) is 10.2 Å². The van der Waals surface area contributed by atoms with Crippen LogP contribution < -0.4 is 11.1 Å². The summed E-state index contributed by atoms with van der Waals surface area (Å²) in [5, 5.41) is 3.13. The van der Waals surface area contributed by atoms with Crippen LogP contribution in [-0.2, 0) is 4.79 Å². The second-order valence-electron chi connectivity index (χ2n) is 5.87. The van der Waals surface area contributed by atoms with Crippen LogP contribution in [0.2, 0.25) is 0 Å². The molecule has 3 amide bonds. The van der Waals surface area contributed by atoms with Gasteiger partial charge in [0.1, 0.15) is 0 Å². The van der Waals surface area contributed by atoms with Crippen LogP contribution in [0.3, 0.4) is 0 Å². The highest BCUT2D eigenvalue weighted by Crippen LogP contribution is 2.13. The number of carbonyl (C=O) groups is 2. The maximum atomic E-state index is 12.2. The lowest BCUT2D eigenvalue weighted by Gasteiger charge is -2.33. The van der Waals surface area contributed by atoms with Crippen molar-refractivity contribution in [1.82, 2.24) is 15.1 Å². The predicted octanol–water partition coefficient (Wildman–Crippen LogP) is 0.522. The van der Waals surface area contributed by atoms with E-state index < -0.39 is 0 Å². The number of nitrogens with one attached hydrogen (secondary N) is 1. The van der Waals surface area contributed by atoms with Gasteiger partial charge in [0.25, 0.3) is 0 Å². The highest BCUT2D eigenvalue weighted by molar-refractivity contribution is 5.76. The zero-order valence-electron chi connectivity index (χ0n) is 12.1. The Bertz CT molecular complexity index is 332. The van der Waals surface area contributed by atoms with E-state index in [4.69, 9.17) is 5.73 Å². The number of carbonyl (C=O) groups excluding carboxylic acids is 2. The molecule has 2 heterocycles. The number of nitrogens with zero attached hydrogens (tertiary/aromatic N) is 2. The van der Waals surface area contributed by atoms with Crippen LogP contribution in [0.5, 0.6) is 0 Å². The van der Waals surface area contributed by atoms with Gasteiger partial charge in [-0.3, -0.25) is 9.69 Å². The highest BCUT2D eigenvalue weighted by Gasteiger charge is 2.23. The average Bonchev–Trinajstić information content (AvgIpc) is 2.69. The van der Waals surface area contributed by atoms with Crippen LogP contribution in [0.1, 0.15) is 38.5 Å². The van der Waals surface area contributed by atoms with Crippen LogP contribution in [0, 0.1) is 0 Å². The van der Waals surface area contributed by atoms with Crippen LogP contribution in [0.25, 0.3) is 0 Å². The second-order valence-corrected chi connectivity index (χ2v) is 5.87. The number of piperidine rings is 1. The number of hydrogen-bond donors (Lipinski definition) is 2. The third kappa shape index (κ3) is 4.67. The topological polar surface area (TPSA) is 78.7 Å². The summed E-state index contributed by atoms with van der Waals surface area (Å²) in [6.07, 6.45) is 6.49. The minimum atomic E-state index is -0.281. The summed E-state index contributed by atoms with van der Waals surface area (Å²) in [5.41, 5.74) is 5.19. The standard InChI is InChI=1S/C14H26N4O2/c15-13(19)11-17-9-5-12(6-10-17)16-14(20)18-7-3-1-2-4-8-18/h12H,1-11H2,(H2,15,19)(H,16,20). The van der Waals surface area contributed by atoms with Crippen molar-refractivity contribution < 1.29 is 9.59 Å². The summed E-state index contributed by atoms with van der Waals surface area (Å²) in [6.45, 7) is 3.74. The van der Waals surface area contributed by atoms with Gasteiger partial charge in [0, 0.05) is 32.2 Å². The smallest absolute Gasteiger partial charge is 0.317 e. The van der Waals surface area contributed by atoms with E-state index in [1.54, 1.807) is 0 Å². The van der Waals surface area contributed by atoms with Crippen molar-refractivity contribution in [2.75, 3.05) is 32.7 Å². The number of primary amides is 1. The molecule has 2 aliphatic heterocycles. The van der Waals surface area contributed by atoms with Gasteiger partial charge in [0.2, 0.25) is 5.91 Å². The molecule has 0 aliphatic carbocycles. The van der Waals surface area contributed by atoms with Crippen LogP contribution >= 0.6 is 0 Å². The molecule has 0 radical (unpaired) electrons. The minimum Gasteiger partial charge on any atom is -0.369 e. The molecule has 2 saturated heterocycles. The number of amides is 3. The summed E-state index contributed by atoms with van der Waals surface area (Å²) < 4.78 is 0. The Balaban J connectivity index is 1.71. The van der Waals surface area contributed by atoms with Crippen molar-refractivity contribution in [1.29, 1.82) is 0 Å². The molecule has 0 aromatic carbocycles. The van der Waals surface area contributed by atoms with Gasteiger partial charge in [0.15, 0.2) is 0 Å². The second kappa shape index (κ2) is 7.47. The lowest BCUT2D eigenvalue weighted by molar-refractivity contribution is -0.119. The summed E-state index contributed by atoms with van der Waals surface area (Å²) in [7, 11) is 0. The molecule has 2 rings (SSSR count). The van der Waals surface area contributed by atoms with Gasteiger partial charge in [-0.25, -0.2) is 4.79 Å². The number of rotatable bonds is 3. The molecular formula is C14H26N4O2. The third-order valence-corrected chi connectivity index (χ3v) is 4.19. The molecule has 6 nitrogen and oxygen atoms in total. The van der Waals surface area contributed by atoms with Crippen molar-refractivity contribution in [3.8, 4) is 0 Å². The molecule has 6 heteroatoms. The molecule has 0 aromatic heterocycles. The SMILES string of the molecule is NC(=O)CN1CCC(NC(=O)N2CCCCCC2)CC1. The van der Waals surface area contributed by atoms with E-state index in [0.29, 0.717) is 6.54 Å². The molecule has 2 fully saturated rings. The molecule has 0 unspecified atom stereocenters. The van der Waals surface area contributed by atoms with Crippen molar-refractivity contribution in [3.05, 3.63) is 0 Å². The lowest BCUT2D eigenvalue weighted by atomic mass is 10.1. The molecule has 0 bridgehead atoms. The van der Waals surface area contributed by atoms with E-state index in [0.717, 1.165) is 51.9 Å². The monoisotopic (exact) mass is 282 g/mol. The largest absolute Gasteiger partial charge is 0.369 e. The Morgan fingerprint density at radius 1 is 1.00 bits per heavy atom.